The standard InChI is InChI=1S/C24H31FN4O5/c1-29(2,3)14-16(10-22(30)31)34-24(33)18-13-28(15-4-5-15)20-12-21(27-8-6-26-7-9-27)19(25)11-17(20)23(18)32/h11-13,15-16,26H,4-10,14H2,1-3H3/p+1. The molecule has 1 aliphatic carbocycles. The lowest BCUT2D eigenvalue weighted by molar-refractivity contribution is -0.873. The van der Waals surface area contributed by atoms with Gasteiger partial charge in [0.25, 0.3) is 0 Å². The number of carboxylic acids is 1. The van der Waals surface area contributed by atoms with Crippen molar-refractivity contribution in [3.8, 4) is 0 Å². The van der Waals surface area contributed by atoms with E-state index < -0.39 is 29.3 Å². The van der Waals surface area contributed by atoms with E-state index >= 15 is 4.39 Å². The van der Waals surface area contributed by atoms with Crippen molar-refractivity contribution in [2.24, 2.45) is 0 Å². The van der Waals surface area contributed by atoms with Crippen LogP contribution >= 0.6 is 0 Å². The zero-order valence-corrected chi connectivity index (χ0v) is 19.8. The number of pyridine rings is 1. The Bertz CT molecular complexity index is 1160. The highest BCUT2D eigenvalue weighted by atomic mass is 19.1. The van der Waals surface area contributed by atoms with Gasteiger partial charge in [-0.15, -0.1) is 0 Å². The van der Waals surface area contributed by atoms with E-state index in [1.807, 2.05) is 30.6 Å². The number of nitrogens with one attached hydrogen (secondary N) is 1. The first-order valence-electron chi connectivity index (χ1n) is 11.6. The molecule has 0 bridgehead atoms. The minimum absolute atomic E-state index is 0.122. The Hall–Kier alpha value is -2.98. The Morgan fingerprint density at radius 2 is 1.91 bits per heavy atom. The summed E-state index contributed by atoms with van der Waals surface area (Å²) in [5.41, 5.74) is 0.225. The number of likely N-dealkylation sites (N-methyl/N-ethyl adjacent to an activating group) is 1. The topological polar surface area (TPSA) is 101 Å². The number of piperazine rings is 1. The van der Waals surface area contributed by atoms with Gasteiger partial charge in [-0.25, -0.2) is 9.18 Å². The van der Waals surface area contributed by atoms with Gasteiger partial charge in [0, 0.05) is 43.8 Å². The number of anilines is 1. The van der Waals surface area contributed by atoms with Gasteiger partial charge in [0.1, 0.15) is 17.9 Å². The van der Waals surface area contributed by atoms with Crippen molar-refractivity contribution in [1.82, 2.24) is 9.88 Å². The summed E-state index contributed by atoms with van der Waals surface area (Å²) in [5, 5.41) is 12.6. The molecule has 1 aromatic heterocycles. The first-order chi connectivity index (χ1) is 16.0. The molecule has 2 N–H and O–H groups in total. The summed E-state index contributed by atoms with van der Waals surface area (Å²) in [6.45, 7) is 3.10. The molecule has 0 radical (unpaired) electrons. The van der Waals surface area contributed by atoms with Gasteiger partial charge in [0.05, 0.1) is 38.8 Å². The Morgan fingerprint density at radius 3 is 2.50 bits per heavy atom. The second kappa shape index (κ2) is 9.34. The van der Waals surface area contributed by atoms with Crippen molar-refractivity contribution in [2.75, 3.05) is 58.8 Å². The minimum Gasteiger partial charge on any atom is -0.481 e. The Labute approximate surface area is 197 Å². The lowest BCUT2D eigenvalue weighted by atomic mass is 10.1. The largest absolute Gasteiger partial charge is 0.481 e. The molecule has 34 heavy (non-hydrogen) atoms. The van der Waals surface area contributed by atoms with Crippen LogP contribution in [-0.4, -0.2) is 86.1 Å². The molecule has 0 spiro atoms. The molecule has 2 aromatic rings. The van der Waals surface area contributed by atoms with E-state index in [4.69, 9.17) is 4.74 Å². The third kappa shape index (κ3) is 5.39. The van der Waals surface area contributed by atoms with Gasteiger partial charge in [-0.3, -0.25) is 9.59 Å². The number of carbonyl (C=O) groups is 2. The van der Waals surface area contributed by atoms with Crippen LogP contribution in [0.5, 0.6) is 0 Å². The van der Waals surface area contributed by atoms with E-state index in [0.29, 0.717) is 28.8 Å². The van der Waals surface area contributed by atoms with E-state index in [1.165, 1.54) is 12.3 Å². The fraction of sp³-hybridized carbons (Fsp3) is 0.542. The SMILES string of the molecule is C[N+](C)(C)CC(CC(=O)O)OC(=O)c1cn(C2CC2)c2cc(N3CCNCC3)c(F)cc2c1=O. The summed E-state index contributed by atoms with van der Waals surface area (Å²) in [6, 6.07) is 3.04. The maximum Gasteiger partial charge on any atom is 0.344 e. The van der Waals surface area contributed by atoms with Gasteiger partial charge in [-0.05, 0) is 25.0 Å². The molecule has 0 amide bonds. The van der Waals surface area contributed by atoms with Gasteiger partial charge in [-0.2, -0.15) is 0 Å². The number of aliphatic carboxylic acids is 1. The normalized spacial score (nSPS) is 17.6. The number of esters is 1. The number of ether oxygens (including phenoxy) is 1. The zero-order valence-electron chi connectivity index (χ0n) is 19.8. The van der Waals surface area contributed by atoms with Crippen molar-refractivity contribution >= 4 is 28.5 Å². The van der Waals surface area contributed by atoms with Crippen LogP contribution in [0.4, 0.5) is 10.1 Å². The predicted octanol–water partition coefficient (Wildman–Crippen LogP) is 1.59. The van der Waals surface area contributed by atoms with Crippen LogP contribution in [0.25, 0.3) is 10.9 Å². The number of fused-ring (bicyclic) bond motifs is 1. The molecule has 1 saturated heterocycles. The minimum atomic E-state index is -1.09. The third-order valence-corrected chi connectivity index (χ3v) is 6.15. The smallest absolute Gasteiger partial charge is 0.344 e. The molecule has 2 heterocycles. The average Bonchev–Trinajstić information content (AvgIpc) is 3.58. The summed E-state index contributed by atoms with van der Waals surface area (Å²) in [4.78, 5) is 39.6. The van der Waals surface area contributed by atoms with Crippen LogP contribution < -0.4 is 15.6 Å². The summed E-state index contributed by atoms with van der Waals surface area (Å²) in [5.74, 6) is -2.48. The molecule has 2 aliphatic rings. The molecule has 4 rings (SSSR count). The number of nitrogens with zero attached hydrogens (tertiary/aromatic N) is 3. The molecule has 1 aromatic carbocycles. The molecule has 2 fully saturated rings. The maximum absolute atomic E-state index is 15.1. The highest BCUT2D eigenvalue weighted by Crippen LogP contribution is 2.38. The van der Waals surface area contributed by atoms with Gasteiger partial charge < -0.3 is 29.1 Å². The van der Waals surface area contributed by atoms with Crippen LogP contribution in [0.15, 0.2) is 23.1 Å². The number of quaternary nitrogens is 1. The quantitative estimate of drug-likeness (QED) is 0.442. The first kappa shape index (κ1) is 24.2. The molecule has 184 valence electrons. The molecule has 9 nitrogen and oxygen atoms in total. The fourth-order valence-corrected chi connectivity index (χ4v) is 4.47. The predicted molar refractivity (Wildman–Crippen MR) is 126 cm³/mol. The first-order valence-corrected chi connectivity index (χ1v) is 11.6. The molecule has 1 saturated carbocycles. The monoisotopic (exact) mass is 475 g/mol. The number of hydrogen-bond acceptors (Lipinski definition) is 6. The van der Waals surface area contributed by atoms with Crippen LogP contribution in [-0.2, 0) is 9.53 Å². The summed E-state index contributed by atoms with van der Waals surface area (Å²) >= 11 is 0. The Kier molecular flexibility index (Phi) is 6.64. The number of benzene rings is 1. The van der Waals surface area contributed by atoms with E-state index in [0.717, 1.165) is 25.9 Å². The number of carboxylic acid groups (broad SMARTS) is 1. The number of rotatable bonds is 8. The summed E-state index contributed by atoms with van der Waals surface area (Å²) < 4.78 is 22.9. The average molecular weight is 476 g/mol. The molecule has 1 unspecified atom stereocenters. The number of halogens is 1. The van der Waals surface area contributed by atoms with Crippen molar-refractivity contribution in [1.29, 1.82) is 0 Å². The molecular formula is C24H32FN4O5+. The fourth-order valence-electron chi connectivity index (χ4n) is 4.47. The van der Waals surface area contributed by atoms with Crippen molar-refractivity contribution < 1.29 is 28.3 Å². The maximum atomic E-state index is 15.1. The Morgan fingerprint density at radius 1 is 1.24 bits per heavy atom. The second-order valence-electron chi connectivity index (χ2n) is 10.2. The van der Waals surface area contributed by atoms with Crippen LogP contribution in [0.2, 0.25) is 0 Å². The lowest BCUT2D eigenvalue weighted by Gasteiger charge is -2.30. The van der Waals surface area contributed by atoms with Gasteiger partial charge in [-0.1, -0.05) is 0 Å². The zero-order chi connectivity index (χ0) is 24.6. The van der Waals surface area contributed by atoms with Crippen molar-refractivity contribution in [2.45, 2.75) is 31.4 Å². The highest BCUT2D eigenvalue weighted by Gasteiger charge is 2.31. The van der Waals surface area contributed by atoms with Gasteiger partial charge in [0.15, 0.2) is 6.10 Å². The third-order valence-electron chi connectivity index (χ3n) is 6.15. The number of hydrogen-bond donors (Lipinski definition) is 2. The number of carbonyl (C=O) groups excluding carboxylic acids is 1. The van der Waals surface area contributed by atoms with Crippen LogP contribution in [0, 0.1) is 5.82 Å². The highest BCUT2D eigenvalue weighted by molar-refractivity contribution is 5.95. The molecule has 1 atom stereocenters. The van der Waals surface area contributed by atoms with Crippen LogP contribution in [0.1, 0.15) is 35.7 Å². The van der Waals surface area contributed by atoms with Gasteiger partial charge >= 0.3 is 11.9 Å². The van der Waals surface area contributed by atoms with Crippen molar-refractivity contribution in [3.63, 3.8) is 0 Å². The van der Waals surface area contributed by atoms with Gasteiger partial charge in [0.2, 0.25) is 5.43 Å². The van der Waals surface area contributed by atoms with E-state index in [9.17, 15) is 19.5 Å². The summed E-state index contributed by atoms with van der Waals surface area (Å²) in [6.07, 6.45) is 2.02. The Balaban J connectivity index is 1.73. The molecule has 10 heteroatoms. The van der Waals surface area contributed by atoms with E-state index in [2.05, 4.69) is 5.32 Å². The van der Waals surface area contributed by atoms with Crippen molar-refractivity contribution in [3.05, 3.63) is 39.9 Å². The van der Waals surface area contributed by atoms with Crippen LogP contribution in [0.3, 0.4) is 0 Å². The lowest BCUT2D eigenvalue weighted by Crippen LogP contribution is -2.44. The molecular weight excluding hydrogens is 443 g/mol. The summed E-state index contributed by atoms with van der Waals surface area (Å²) in [7, 11) is 5.58. The number of aromatic nitrogens is 1. The molecule has 1 aliphatic heterocycles. The van der Waals surface area contributed by atoms with E-state index in [-0.39, 0.29) is 30.0 Å². The second-order valence-corrected chi connectivity index (χ2v) is 10.2. The van der Waals surface area contributed by atoms with E-state index in [1.54, 1.807) is 6.07 Å².